The van der Waals surface area contributed by atoms with Crippen LogP contribution in [0.1, 0.15) is 11.3 Å². The Morgan fingerprint density at radius 3 is 2.44 bits per heavy atom. The smallest absolute Gasteiger partial charge is 0.145 e. The van der Waals surface area contributed by atoms with Gasteiger partial charge >= 0.3 is 0 Å². The average Bonchev–Trinajstić information content (AvgIpc) is 3.15. The molecule has 0 aliphatic heterocycles. The van der Waals surface area contributed by atoms with Gasteiger partial charge in [0.05, 0.1) is 23.5 Å². The number of nitriles is 1. The quantitative estimate of drug-likeness (QED) is 0.453. The van der Waals surface area contributed by atoms with Crippen LogP contribution in [0.25, 0.3) is 22.1 Å². The standard InChI is InChI=1S/C22H14N2O/c23-14-16-5-7-18(8-6-16)22-12-11-21(25-22)15-24-20-10-9-17-3-1-2-4-19(17)13-20/h1-13,15H. The van der Waals surface area contributed by atoms with Crippen LogP contribution in [0.15, 0.2) is 88.3 Å². The lowest BCUT2D eigenvalue weighted by atomic mass is 10.1. The van der Waals surface area contributed by atoms with Crippen molar-refractivity contribution in [1.29, 1.82) is 5.26 Å². The third-order valence-corrected chi connectivity index (χ3v) is 4.00. The van der Waals surface area contributed by atoms with E-state index in [1.54, 1.807) is 18.3 Å². The maximum Gasteiger partial charge on any atom is 0.145 e. The van der Waals surface area contributed by atoms with Crippen LogP contribution in [-0.2, 0) is 0 Å². The number of hydrogen-bond donors (Lipinski definition) is 0. The lowest BCUT2D eigenvalue weighted by molar-refractivity contribution is 0.575. The molecule has 0 aliphatic carbocycles. The third kappa shape index (κ3) is 3.19. The Morgan fingerprint density at radius 1 is 0.840 bits per heavy atom. The monoisotopic (exact) mass is 322 g/mol. The van der Waals surface area contributed by atoms with Gasteiger partial charge in [0.25, 0.3) is 0 Å². The molecule has 0 bridgehead atoms. The molecular formula is C22H14N2O. The zero-order valence-corrected chi connectivity index (χ0v) is 13.4. The first-order chi connectivity index (χ1) is 12.3. The number of benzene rings is 3. The number of aliphatic imine (C=N–C) groups is 1. The van der Waals surface area contributed by atoms with Gasteiger partial charge in [0.15, 0.2) is 0 Å². The van der Waals surface area contributed by atoms with Gasteiger partial charge in [-0.2, -0.15) is 5.26 Å². The summed E-state index contributed by atoms with van der Waals surface area (Å²) in [6, 6.07) is 27.5. The fourth-order valence-corrected chi connectivity index (χ4v) is 2.68. The maximum atomic E-state index is 8.86. The van der Waals surface area contributed by atoms with Crippen molar-refractivity contribution in [2.24, 2.45) is 4.99 Å². The molecule has 0 saturated carbocycles. The Morgan fingerprint density at radius 2 is 1.64 bits per heavy atom. The predicted octanol–water partition coefficient (Wildman–Crippen LogP) is 5.72. The van der Waals surface area contributed by atoms with Crippen LogP contribution >= 0.6 is 0 Å². The zero-order valence-electron chi connectivity index (χ0n) is 13.4. The van der Waals surface area contributed by atoms with E-state index in [1.807, 2.05) is 42.5 Å². The van der Waals surface area contributed by atoms with E-state index in [0.29, 0.717) is 11.3 Å². The van der Waals surface area contributed by atoms with Crippen molar-refractivity contribution >= 4 is 22.7 Å². The van der Waals surface area contributed by atoms with E-state index in [-0.39, 0.29) is 0 Å². The highest BCUT2D eigenvalue weighted by atomic mass is 16.3. The summed E-state index contributed by atoms with van der Waals surface area (Å²) < 4.78 is 5.82. The lowest BCUT2D eigenvalue weighted by Crippen LogP contribution is -1.77. The molecule has 3 heteroatoms. The second-order valence-corrected chi connectivity index (χ2v) is 5.68. The van der Waals surface area contributed by atoms with Crippen molar-refractivity contribution in [3.05, 3.63) is 90.2 Å². The van der Waals surface area contributed by atoms with Gasteiger partial charge in [0, 0.05) is 5.56 Å². The van der Waals surface area contributed by atoms with Gasteiger partial charge in [-0.1, -0.05) is 30.3 Å². The number of rotatable bonds is 3. The van der Waals surface area contributed by atoms with E-state index >= 15 is 0 Å². The Balaban J connectivity index is 1.57. The van der Waals surface area contributed by atoms with Crippen molar-refractivity contribution in [3.63, 3.8) is 0 Å². The molecule has 0 radical (unpaired) electrons. The summed E-state index contributed by atoms with van der Waals surface area (Å²) in [5.74, 6) is 1.44. The minimum absolute atomic E-state index is 0.633. The summed E-state index contributed by atoms with van der Waals surface area (Å²) >= 11 is 0. The van der Waals surface area contributed by atoms with Gasteiger partial charge < -0.3 is 4.42 Å². The summed E-state index contributed by atoms with van der Waals surface area (Å²) in [7, 11) is 0. The van der Waals surface area contributed by atoms with E-state index in [0.717, 1.165) is 22.4 Å². The van der Waals surface area contributed by atoms with E-state index in [2.05, 4.69) is 35.3 Å². The van der Waals surface area contributed by atoms with Gasteiger partial charge in [-0.05, 0) is 59.3 Å². The first-order valence-corrected chi connectivity index (χ1v) is 7.95. The summed E-state index contributed by atoms with van der Waals surface area (Å²) in [6.07, 6.45) is 1.72. The molecule has 0 unspecified atom stereocenters. The highest BCUT2D eigenvalue weighted by Crippen LogP contribution is 2.23. The molecule has 25 heavy (non-hydrogen) atoms. The number of nitrogens with zero attached hydrogens (tertiary/aromatic N) is 2. The second kappa shape index (κ2) is 6.46. The molecule has 0 saturated heterocycles. The normalized spacial score (nSPS) is 11.0. The predicted molar refractivity (Wildman–Crippen MR) is 100 cm³/mol. The van der Waals surface area contributed by atoms with Gasteiger partial charge in [-0.15, -0.1) is 0 Å². The minimum Gasteiger partial charge on any atom is -0.455 e. The fraction of sp³-hybridized carbons (Fsp3) is 0. The first kappa shape index (κ1) is 14.9. The molecule has 1 heterocycles. The van der Waals surface area contributed by atoms with Crippen LogP contribution in [0, 0.1) is 11.3 Å². The summed E-state index contributed by atoms with van der Waals surface area (Å²) in [6.45, 7) is 0. The SMILES string of the molecule is N#Cc1ccc(-c2ccc(C=Nc3ccc4ccccc4c3)o2)cc1. The van der Waals surface area contributed by atoms with Crippen molar-refractivity contribution in [2.45, 2.75) is 0 Å². The van der Waals surface area contributed by atoms with Gasteiger partial charge in [-0.25, -0.2) is 0 Å². The molecular weight excluding hydrogens is 308 g/mol. The number of fused-ring (bicyclic) bond motifs is 1. The minimum atomic E-state index is 0.633. The molecule has 0 atom stereocenters. The van der Waals surface area contributed by atoms with Crippen LogP contribution in [0.4, 0.5) is 5.69 Å². The van der Waals surface area contributed by atoms with E-state index in [1.165, 1.54) is 5.39 Å². The van der Waals surface area contributed by atoms with E-state index in [4.69, 9.17) is 9.68 Å². The molecule has 0 aliphatic rings. The van der Waals surface area contributed by atoms with Crippen LogP contribution in [-0.4, -0.2) is 6.21 Å². The molecule has 0 N–H and O–H groups in total. The second-order valence-electron chi connectivity index (χ2n) is 5.68. The largest absolute Gasteiger partial charge is 0.455 e. The Hall–Kier alpha value is -3.64. The van der Waals surface area contributed by atoms with Crippen molar-refractivity contribution in [3.8, 4) is 17.4 Å². The molecule has 0 spiro atoms. The zero-order chi connectivity index (χ0) is 17.1. The molecule has 3 nitrogen and oxygen atoms in total. The molecule has 118 valence electrons. The Labute approximate surface area is 145 Å². The summed E-state index contributed by atoms with van der Waals surface area (Å²) in [4.78, 5) is 4.50. The molecule has 3 aromatic carbocycles. The van der Waals surface area contributed by atoms with Crippen molar-refractivity contribution in [1.82, 2.24) is 0 Å². The average molecular weight is 322 g/mol. The third-order valence-electron chi connectivity index (χ3n) is 4.00. The van der Waals surface area contributed by atoms with E-state index < -0.39 is 0 Å². The van der Waals surface area contributed by atoms with Crippen molar-refractivity contribution in [2.75, 3.05) is 0 Å². The van der Waals surface area contributed by atoms with Gasteiger partial charge in [-0.3, -0.25) is 4.99 Å². The highest BCUT2D eigenvalue weighted by Gasteiger charge is 2.03. The number of hydrogen-bond acceptors (Lipinski definition) is 3. The lowest BCUT2D eigenvalue weighted by Gasteiger charge is -1.98. The van der Waals surface area contributed by atoms with E-state index in [9.17, 15) is 0 Å². The Bertz CT molecular complexity index is 1100. The highest BCUT2D eigenvalue weighted by molar-refractivity contribution is 5.87. The summed E-state index contributed by atoms with van der Waals surface area (Å²) in [5, 5.41) is 11.2. The van der Waals surface area contributed by atoms with Crippen LogP contribution in [0.5, 0.6) is 0 Å². The number of furan rings is 1. The molecule has 4 rings (SSSR count). The maximum absolute atomic E-state index is 8.86. The van der Waals surface area contributed by atoms with Crippen LogP contribution in [0.3, 0.4) is 0 Å². The Kier molecular flexibility index (Phi) is 3.86. The molecule has 0 amide bonds. The van der Waals surface area contributed by atoms with Crippen molar-refractivity contribution < 1.29 is 4.42 Å². The first-order valence-electron chi connectivity index (χ1n) is 7.95. The molecule has 1 aromatic heterocycles. The van der Waals surface area contributed by atoms with Crippen LogP contribution < -0.4 is 0 Å². The topological polar surface area (TPSA) is 49.3 Å². The van der Waals surface area contributed by atoms with Gasteiger partial charge in [0.2, 0.25) is 0 Å². The molecule has 0 fully saturated rings. The van der Waals surface area contributed by atoms with Gasteiger partial charge in [0.1, 0.15) is 11.5 Å². The van der Waals surface area contributed by atoms with Crippen LogP contribution in [0.2, 0.25) is 0 Å². The summed E-state index contributed by atoms with van der Waals surface area (Å²) in [5.41, 5.74) is 2.45. The fourth-order valence-electron chi connectivity index (χ4n) is 2.68. The molecule has 4 aromatic rings.